The van der Waals surface area contributed by atoms with E-state index in [0.717, 1.165) is 0 Å². The van der Waals surface area contributed by atoms with E-state index in [1.807, 2.05) is 0 Å². The van der Waals surface area contributed by atoms with Crippen LogP contribution in [0.1, 0.15) is 8.29 Å². The molecule has 42 valence electrons. The lowest BCUT2D eigenvalue weighted by Crippen LogP contribution is -2.27. The predicted molar refractivity (Wildman–Crippen MR) is 25.7 cm³/mol. The molecule has 3 heteroatoms. The highest BCUT2D eigenvalue weighted by Crippen LogP contribution is 1.76. The van der Waals surface area contributed by atoms with Crippen molar-refractivity contribution >= 4 is 5.97 Å². The quantitative estimate of drug-likeness (QED) is 0.456. The largest absolute Gasteiger partial charge is 0.468 e. The summed E-state index contributed by atoms with van der Waals surface area (Å²) in [5.74, 6) is -0.725. The van der Waals surface area contributed by atoms with Crippen molar-refractivity contribution in [3.8, 4) is 0 Å². The van der Waals surface area contributed by atoms with Gasteiger partial charge in [-0.3, -0.25) is 4.79 Å². The van der Waals surface area contributed by atoms with Crippen LogP contribution >= 0.6 is 0 Å². The smallest absolute Gasteiger partial charge is 0.322 e. The summed E-state index contributed by atoms with van der Waals surface area (Å²) in [6.07, 6.45) is 0. The Hall–Kier alpha value is -0.570. The number of rotatable bonds is 1. The summed E-state index contributed by atoms with van der Waals surface area (Å²) in [5.41, 5.74) is 4.98. The molecule has 0 aromatic rings. The Kier molecular flexibility index (Phi) is 1.69. The molecule has 0 amide bonds. The first-order valence-electron chi connectivity index (χ1n) is 2.36. The van der Waals surface area contributed by atoms with E-state index in [1.165, 1.54) is 14.0 Å². The van der Waals surface area contributed by atoms with Crippen LogP contribution in [0, 0.1) is 0 Å². The van der Waals surface area contributed by atoms with Crippen molar-refractivity contribution in [3.05, 3.63) is 0 Å². The van der Waals surface area contributed by atoms with Gasteiger partial charge in [-0.1, -0.05) is 0 Å². The molecule has 0 aliphatic heterocycles. The van der Waals surface area contributed by atoms with E-state index in [4.69, 9.17) is 7.10 Å². The molecule has 3 nitrogen and oxygen atoms in total. The van der Waals surface area contributed by atoms with Crippen molar-refractivity contribution in [1.82, 2.24) is 0 Å². The Morgan fingerprint density at radius 1 is 2.14 bits per heavy atom. The maximum absolute atomic E-state index is 10.3. The van der Waals surface area contributed by atoms with Crippen molar-refractivity contribution in [2.24, 2.45) is 5.73 Å². The second kappa shape index (κ2) is 2.58. The Bertz CT molecular complexity index is 96.7. The van der Waals surface area contributed by atoms with Crippen LogP contribution in [0.2, 0.25) is 0 Å². The fourth-order valence-electron chi connectivity index (χ4n) is 0.161. The second-order valence-electron chi connectivity index (χ2n) is 1.17. The first-order chi connectivity index (χ1) is 3.48. The summed E-state index contributed by atoms with van der Waals surface area (Å²) < 4.78 is 11.0. The molecule has 2 N–H and O–H groups in total. The van der Waals surface area contributed by atoms with E-state index in [-0.39, 0.29) is 0 Å². The molecule has 1 atom stereocenters. The topological polar surface area (TPSA) is 52.3 Å². The molecule has 0 spiro atoms. The minimum atomic E-state index is -1.60. The highest BCUT2D eigenvalue weighted by molar-refractivity contribution is 5.74. The highest BCUT2D eigenvalue weighted by atomic mass is 16.5. The molecule has 0 rings (SSSR count). The number of ether oxygens (including phenoxy) is 1. The van der Waals surface area contributed by atoms with Crippen LogP contribution < -0.4 is 5.73 Å². The molecule has 0 saturated carbocycles. The van der Waals surface area contributed by atoms with Gasteiger partial charge in [0.25, 0.3) is 0 Å². The van der Waals surface area contributed by atoms with Gasteiger partial charge in [-0.25, -0.2) is 0 Å². The molecule has 1 unspecified atom stereocenters. The number of esters is 1. The number of hydrogen-bond donors (Lipinski definition) is 1. The number of carbonyl (C=O) groups is 1. The SMILES string of the molecule is [2H]C(C)(N)C(=O)OC. The molecule has 0 radical (unpaired) electrons. The number of nitrogens with two attached hydrogens (primary N) is 1. The van der Waals surface area contributed by atoms with Gasteiger partial charge in [0.15, 0.2) is 0 Å². The third-order valence-electron chi connectivity index (χ3n) is 0.507. The summed E-state index contributed by atoms with van der Waals surface area (Å²) in [6.45, 7) is 1.26. The predicted octanol–water partition coefficient (Wildman–Crippen LogP) is -0.493. The van der Waals surface area contributed by atoms with Crippen molar-refractivity contribution in [3.63, 3.8) is 0 Å². The summed E-state index contributed by atoms with van der Waals surface area (Å²) in [7, 11) is 1.20. The minimum Gasteiger partial charge on any atom is -0.468 e. The van der Waals surface area contributed by atoms with Crippen LogP contribution in [0.15, 0.2) is 0 Å². The minimum absolute atomic E-state index is 0.725. The van der Waals surface area contributed by atoms with E-state index in [0.29, 0.717) is 0 Å². The van der Waals surface area contributed by atoms with Gasteiger partial charge in [0.1, 0.15) is 6.02 Å². The Labute approximate surface area is 43.9 Å². The Morgan fingerprint density at radius 3 is 2.57 bits per heavy atom. The van der Waals surface area contributed by atoms with E-state index < -0.39 is 12.0 Å². The maximum atomic E-state index is 10.3. The van der Waals surface area contributed by atoms with Crippen molar-refractivity contribution in [1.29, 1.82) is 0 Å². The molecule has 0 heterocycles. The van der Waals surface area contributed by atoms with Crippen molar-refractivity contribution < 1.29 is 10.9 Å². The third kappa shape index (κ3) is 2.17. The molecule has 0 aromatic heterocycles. The standard InChI is InChI=1S/C4H9NO2/c1-3(5)4(6)7-2/h3H,5H2,1-2H3/i3D. The van der Waals surface area contributed by atoms with Crippen LogP contribution in [0.25, 0.3) is 0 Å². The lowest BCUT2D eigenvalue weighted by atomic mass is 10.4. The van der Waals surface area contributed by atoms with E-state index in [2.05, 4.69) is 4.74 Å². The van der Waals surface area contributed by atoms with Gasteiger partial charge >= 0.3 is 5.97 Å². The van der Waals surface area contributed by atoms with Gasteiger partial charge in [-0.2, -0.15) is 0 Å². The first kappa shape index (κ1) is 4.59. The van der Waals surface area contributed by atoms with Crippen LogP contribution in [0.3, 0.4) is 0 Å². The normalized spacial score (nSPS) is 19.6. The van der Waals surface area contributed by atoms with Gasteiger partial charge in [0.2, 0.25) is 0 Å². The average Bonchev–Trinajstić information content (AvgIpc) is 1.62. The number of methoxy groups -OCH3 is 1. The molecule has 0 aliphatic rings. The molecule has 0 fully saturated rings. The number of carbonyl (C=O) groups excluding carboxylic acids is 1. The monoisotopic (exact) mass is 104 g/mol. The number of hydrogen-bond acceptors (Lipinski definition) is 3. The average molecular weight is 104 g/mol. The fourth-order valence-corrected chi connectivity index (χ4v) is 0.161. The lowest BCUT2D eigenvalue weighted by molar-refractivity contribution is -0.141. The summed E-state index contributed by atoms with van der Waals surface area (Å²) in [5, 5.41) is 0. The summed E-state index contributed by atoms with van der Waals surface area (Å²) in [4.78, 5) is 10.3. The van der Waals surface area contributed by atoms with E-state index in [1.54, 1.807) is 0 Å². The summed E-state index contributed by atoms with van der Waals surface area (Å²) in [6, 6.07) is -1.60. The third-order valence-corrected chi connectivity index (χ3v) is 0.507. The molecule has 0 aliphatic carbocycles. The van der Waals surface area contributed by atoms with Crippen molar-refractivity contribution in [2.75, 3.05) is 7.11 Å². The first-order valence-corrected chi connectivity index (χ1v) is 1.86. The van der Waals surface area contributed by atoms with Gasteiger partial charge in [0.05, 0.1) is 8.48 Å². The van der Waals surface area contributed by atoms with Crippen LogP contribution in [0.4, 0.5) is 0 Å². The molecular weight excluding hydrogens is 94.0 g/mol. The summed E-state index contributed by atoms with van der Waals surface area (Å²) >= 11 is 0. The van der Waals surface area contributed by atoms with E-state index in [9.17, 15) is 4.79 Å². The Morgan fingerprint density at radius 2 is 2.57 bits per heavy atom. The van der Waals surface area contributed by atoms with Gasteiger partial charge < -0.3 is 10.5 Å². The van der Waals surface area contributed by atoms with Crippen LogP contribution in [0.5, 0.6) is 0 Å². The zero-order chi connectivity index (χ0) is 6.78. The zero-order valence-corrected chi connectivity index (χ0v) is 4.39. The molecule has 7 heavy (non-hydrogen) atoms. The van der Waals surface area contributed by atoms with Gasteiger partial charge in [0, 0.05) is 0 Å². The van der Waals surface area contributed by atoms with Crippen LogP contribution in [-0.4, -0.2) is 19.1 Å². The Balaban J connectivity index is 3.82. The second-order valence-corrected chi connectivity index (χ2v) is 1.17. The fraction of sp³-hybridized carbons (Fsp3) is 0.750. The molecular formula is C4H9NO2. The molecule has 0 aromatic carbocycles. The maximum Gasteiger partial charge on any atom is 0.322 e. The van der Waals surface area contributed by atoms with Crippen LogP contribution in [-0.2, 0) is 9.53 Å². The lowest BCUT2D eigenvalue weighted by Gasteiger charge is -1.98. The molecule has 0 bridgehead atoms. The van der Waals surface area contributed by atoms with Gasteiger partial charge in [-0.05, 0) is 6.92 Å². The highest BCUT2D eigenvalue weighted by Gasteiger charge is 2.03. The molecule has 0 saturated heterocycles. The van der Waals surface area contributed by atoms with E-state index >= 15 is 0 Å². The van der Waals surface area contributed by atoms with Gasteiger partial charge in [-0.15, -0.1) is 0 Å². The zero-order valence-electron chi connectivity index (χ0n) is 5.39. The van der Waals surface area contributed by atoms with Crippen molar-refractivity contribution in [2.45, 2.75) is 12.9 Å².